The van der Waals surface area contributed by atoms with Crippen molar-refractivity contribution in [2.75, 3.05) is 60.5 Å². The first-order chi connectivity index (χ1) is 18.1. The standard InChI is InChI=1S/C25H45N9O4/c1-30-22(35)18-16-19(23(36)31-12-13-34(2)3)21(38-15-9-5-7-11-33-25(28)29)17-20(18)37-14-8-4-6-10-32-24(26)27/h16-17H,4-15H2,1-3H3,(H,30,35)(H,31,36)(H4,26,27,32)(H4,28,29,33). The van der Waals surface area contributed by atoms with Crippen LogP contribution in [0.3, 0.4) is 0 Å². The molecule has 0 saturated carbocycles. The van der Waals surface area contributed by atoms with Crippen LogP contribution < -0.4 is 42.2 Å². The van der Waals surface area contributed by atoms with Crippen LogP contribution in [-0.4, -0.2) is 89.2 Å². The molecule has 2 amide bonds. The smallest absolute Gasteiger partial charge is 0.255 e. The summed E-state index contributed by atoms with van der Waals surface area (Å²) < 4.78 is 11.9. The van der Waals surface area contributed by atoms with Crippen LogP contribution in [0.1, 0.15) is 59.2 Å². The molecule has 0 unspecified atom stereocenters. The molecule has 0 heterocycles. The molecule has 214 valence electrons. The number of rotatable bonds is 19. The maximum atomic E-state index is 13.0. The van der Waals surface area contributed by atoms with Gasteiger partial charge in [-0.15, -0.1) is 0 Å². The molecule has 0 atom stereocenters. The maximum Gasteiger partial charge on any atom is 0.255 e. The molecule has 13 nitrogen and oxygen atoms in total. The normalized spacial score (nSPS) is 10.5. The molecule has 1 aromatic rings. The molecular formula is C25H45N9O4. The van der Waals surface area contributed by atoms with Crippen molar-refractivity contribution in [3.8, 4) is 11.5 Å². The lowest BCUT2D eigenvalue weighted by atomic mass is 10.1. The van der Waals surface area contributed by atoms with E-state index in [2.05, 4.69) is 21.3 Å². The van der Waals surface area contributed by atoms with Gasteiger partial charge in [0.2, 0.25) is 0 Å². The average molecular weight is 536 g/mol. The molecule has 0 aliphatic rings. The van der Waals surface area contributed by atoms with Gasteiger partial charge in [-0.1, -0.05) is 0 Å². The molecule has 1 aromatic carbocycles. The Balaban J connectivity index is 2.95. The quantitative estimate of drug-likeness (QED) is 0.0700. The number of nitrogens with zero attached hydrogens (tertiary/aromatic N) is 1. The minimum atomic E-state index is -0.363. The molecule has 0 aliphatic carbocycles. The minimum Gasteiger partial charge on any atom is -0.493 e. The van der Waals surface area contributed by atoms with Crippen molar-refractivity contribution in [2.24, 2.45) is 11.5 Å². The van der Waals surface area contributed by atoms with Gasteiger partial charge in [0.15, 0.2) is 11.9 Å². The number of likely N-dealkylation sites (N-methyl/N-ethyl adjacent to an activating group) is 1. The topological polar surface area (TPSA) is 204 Å². The van der Waals surface area contributed by atoms with Gasteiger partial charge in [-0.3, -0.25) is 20.4 Å². The van der Waals surface area contributed by atoms with Crippen molar-refractivity contribution in [1.82, 2.24) is 26.2 Å². The maximum absolute atomic E-state index is 13.0. The summed E-state index contributed by atoms with van der Waals surface area (Å²) in [5.74, 6) is -0.107. The number of ether oxygens (including phenoxy) is 2. The summed E-state index contributed by atoms with van der Waals surface area (Å²) in [6.07, 6.45) is 4.83. The SMILES string of the molecule is CNC(=O)c1cc(C(=O)NCCN(C)C)c(OCCCCCNC(=N)N)cc1OCCCCCNC(=N)N. The lowest BCUT2D eigenvalue weighted by molar-refractivity contribution is 0.0946. The van der Waals surface area contributed by atoms with E-state index in [1.54, 1.807) is 6.07 Å². The first-order valence-corrected chi connectivity index (χ1v) is 12.9. The number of hydrogen-bond acceptors (Lipinski definition) is 7. The summed E-state index contributed by atoms with van der Waals surface area (Å²) >= 11 is 0. The number of unbranched alkanes of at least 4 members (excludes halogenated alkanes) is 4. The Morgan fingerprint density at radius 3 is 1.71 bits per heavy atom. The minimum absolute atomic E-state index is 0.0531. The molecule has 13 heteroatoms. The van der Waals surface area contributed by atoms with Crippen molar-refractivity contribution in [1.29, 1.82) is 10.8 Å². The van der Waals surface area contributed by atoms with Crippen molar-refractivity contribution in [3.63, 3.8) is 0 Å². The molecule has 0 bridgehead atoms. The predicted octanol–water partition coefficient (Wildman–Crippen LogP) is 0.402. The van der Waals surface area contributed by atoms with Gasteiger partial charge < -0.3 is 47.1 Å². The first kappa shape index (κ1) is 32.3. The van der Waals surface area contributed by atoms with E-state index in [4.69, 9.17) is 31.8 Å². The van der Waals surface area contributed by atoms with Crippen LogP contribution in [0.4, 0.5) is 0 Å². The second kappa shape index (κ2) is 18.5. The van der Waals surface area contributed by atoms with Crippen LogP contribution in [0.25, 0.3) is 0 Å². The summed E-state index contributed by atoms with van der Waals surface area (Å²) in [6, 6.07) is 3.13. The second-order valence-electron chi connectivity index (χ2n) is 8.98. The monoisotopic (exact) mass is 535 g/mol. The van der Waals surface area contributed by atoms with E-state index in [1.807, 2.05) is 19.0 Å². The highest BCUT2D eigenvalue weighted by atomic mass is 16.5. The van der Waals surface area contributed by atoms with Gasteiger partial charge in [0.1, 0.15) is 11.5 Å². The second-order valence-corrected chi connectivity index (χ2v) is 8.98. The number of carbonyl (C=O) groups excluding carboxylic acids is 2. The van der Waals surface area contributed by atoms with Crippen LogP contribution in [0, 0.1) is 10.8 Å². The Morgan fingerprint density at radius 1 is 0.763 bits per heavy atom. The Morgan fingerprint density at radius 2 is 1.26 bits per heavy atom. The van der Waals surface area contributed by atoms with E-state index in [0.29, 0.717) is 50.9 Å². The fourth-order valence-electron chi connectivity index (χ4n) is 3.40. The Bertz CT molecular complexity index is 909. The summed E-state index contributed by atoms with van der Waals surface area (Å²) in [4.78, 5) is 27.6. The van der Waals surface area contributed by atoms with Crippen molar-refractivity contribution in [3.05, 3.63) is 23.3 Å². The fourth-order valence-corrected chi connectivity index (χ4v) is 3.40. The number of benzene rings is 1. The predicted molar refractivity (Wildman–Crippen MR) is 149 cm³/mol. The van der Waals surface area contributed by atoms with Gasteiger partial charge in [-0.25, -0.2) is 0 Å². The van der Waals surface area contributed by atoms with Crippen LogP contribution in [0.2, 0.25) is 0 Å². The highest BCUT2D eigenvalue weighted by Gasteiger charge is 2.21. The molecule has 0 saturated heterocycles. The number of amides is 2. The molecule has 10 N–H and O–H groups in total. The summed E-state index contributed by atoms with van der Waals surface area (Å²) in [5.41, 5.74) is 11.1. The number of nitrogens with one attached hydrogen (secondary N) is 6. The van der Waals surface area contributed by atoms with Crippen molar-refractivity contribution in [2.45, 2.75) is 38.5 Å². The fraction of sp³-hybridized carbons (Fsp3) is 0.600. The first-order valence-electron chi connectivity index (χ1n) is 12.9. The highest BCUT2D eigenvalue weighted by Crippen LogP contribution is 2.30. The molecule has 38 heavy (non-hydrogen) atoms. The number of carbonyl (C=O) groups is 2. The van der Waals surface area contributed by atoms with E-state index in [0.717, 1.165) is 38.5 Å². The number of guanidine groups is 2. The van der Waals surface area contributed by atoms with E-state index in [1.165, 1.54) is 13.1 Å². The third kappa shape index (κ3) is 13.5. The average Bonchev–Trinajstić information content (AvgIpc) is 2.86. The summed E-state index contributed by atoms with van der Waals surface area (Å²) in [5, 5.41) is 25.4. The number of hydrogen-bond donors (Lipinski definition) is 8. The Kier molecular flexibility index (Phi) is 15.7. The van der Waals surface area contributed by atoms with Crippen LogP contribution >= 0.6 is 0 Å². The van der Waals surface area contributed by atoms with Crippen molar-refractivity contribution < 1.29 is 19.1 Å². The van der Waals surface area contributed by atoms with Crippen LogP contribution in [0.5, 0.6) is 11.5 Å². The van der Waals surface area contributed by atoms with Crippen LogP contribution in [0.15, 0.2) is 12.1 Å². The zero-order valence-electron chi connectivity index (χ0n) is 22.9. The van der Waals surface area contributed by atoms with Gasteiger partial charge >= 0.3 is 0 Å². The van der Waals surface area contributed by atoms with Crippen molar-refractivity contribution >= 4 is 23.7 Å². The summed E-state index contributed by atoms with van der Waals surface area (Å²) in [7, 11) is 5.36. The molecule has 0 radical (unpaired) electrons. The van der Waals surface area contributed by atoms with Gasteiger partial charge in [-0.2, -0.15) is 0 Å². The Hall–Kier alpha value is -3.74. The molecule has 0 aliphatic heterocycles. The van der Waals surface area contributed by atoms with E-state index < -0.39 is 0 Å². The third-order valence-electron chi connectivity index (χ3n) is 5.43. The molecular weight excluding hydrogens is 490 g/mol. The number of nitrogens with two attached hydrogens (primary N) is 2. The largest absolute Gasteiger partial charge is 0.493 e. The Labute approximate surface area is 225 Å². The molecule has 1 rings (SSSR count). The highest BCUT2D eigenvalue weighted by molar-refractivity contribution is 6.03. The van der Waals surface area contributed by atoms with Crippen LogP contribution in [-0.2, 0) is 0 Å². The van der Waals surface area contributed by atoms with E-state index in [-0.39, 0.29) is 34.9 Å². The summed E-state index contributed by atoms with van der Waals surface area (Å²) in [6.45, 7) is 3.08. The lowest BCUT2D eigenvalue weighted by Crippen LogP contribution is -2.32. The van der Waals surface area contributed by atoms with E-state index in [9.17, 15) is 9.59 Å². The lowest BCUT2D eigenvalue weighted by Gasteiger charge is -2.18. The zero-order valence-corrected chi connectivity index (χ0v) is 22.9. The van der Waals surface area contributed by atoms with E-state index >= 15 is 0 Å². The van der Waals surface area contributed by atoms with Gasteiger partial charge in [0.25, 0.3) is 11.8 Å². The zero-order chi connectivity index (χ0) is 28.3. The third-order valence-corrected chi connectivity index (χ3v) is 5.43. The van der Waals surface area contributed by atoms with Gasteiger partial charge in [-0.05, 0) is 58.7 Å². The molecule has 0 spiro atoms. The van der Waals surface area contributed by atoms with Gasteiger partial charge in [0, 0.05) is 39.3 Å². The molecule has 0 aromatic heterocycles. The van der Waals surface area contributed by atoms with Gasteiger partial charge in [0.05, 0.1) is 24.3 Å². The molecule has 0 fully saturated rings.